The van der Waals surface area contributed by atoms with Crippen molar-refractivity contribution in [2.24, 2.45) is 4.99 Å². The van der Waals surface area contributed by atoms with E-state index in [4.69, 9.17) is 4.74 Å². The van der Waals surface area contributed by atoms with Crippen LogP contribution in [-0.2, 0) is 24.2 Å². The van der Waals surface area contributed by atoms with Crippen molar-refractivity contribution in [3.63, 3.8) is 0 Å². The molecule has 1 aromatic heterocycles. The number of halogens is 1. The van der Waals surface area contributed by atoms with Crippen molar-refractivity contribution in [2.75, 3.05) is 44.8 Å². The molecule has 2 aromatic rings. The number of morpholine rings is 1. The Morgan fingerprint density at radius 1 is 1.21 bits per heavy atom. The molecule has 0 bridgehead atoms. The largest absolute Gasteiger partial charge is 0.378 e. The second-order valence-electron chi connectivity index (χ2n) is 6.37. The molecule has 2 N–H and O–H groups in total. The quantitative estimate of drug-likeness (QED) is 0.343. The predicted octanol–water partition coefficient (Wildman–Crippen LogP) is 1.66. The highest BCUT2D eigenvalue weighted by Gasteiger charge is 2.14. The van der Waals surface area contributed by atoms with E-state index >= 15 is 0 Å². The Balaban J connectivity index is 0.00000280. The summed E-state index contributed by atoms with van der Waals surface area (Å²) in [6, 6.07) is 8.51. The molecule has 1 fully saturated rings. The van der Waals surface area contributed by atoms with Gasteiger partial charge >= 0.3 is 0 Å². The lowest BCUT2D eigenvalue weighted by atomic mass is 10.1. The fraction of sp³-hybridized carbons (Fsp3) is 0.526. The molecule has 0 aliphatic carbocycles. The number of aryl methyl sites for hydroxylation is 1. The highest BCUT2D eigenvalue weighted by atomic mass is 127. The van der Waals surface area contributed by atoms with Gasteiger partial charge in [0, 0.05) is 51.9 Å². The normalized spacial score (nSPS) is 14.5. The Hall–Kier alpha value is -1.88. The van der Waals surface area contributed by atoms with Gasteiger partial charge in [-0.05, 0) is 11.6 Å². The lowest BCUT2D eigenvalue weighted by Crippen LogP contribution is -2.40. The van der Waals surface area contributed by atoms with Crippen molar-refractivity contribution >= 4 is 35.6 Å². The molecule has 154 valence electrons. The van der Waals surface area contributed by atoms with Gasteiger partial charge in [-0.1, -0.05) is 25.1 Å². The maximum atomic E-state index is 5.47. The highest BCUT2D eigenvalue weighted by Crippen LogP contribution is 2.21. The molecule has 3 rings (SSSR count). The number of benzene rings is 1. The number of rotatable bonds is 7. The molecule has 0 radical (unpaired) electrons. The number of hydrogen-bond donors (Lipinski definition) is 2. The van der Waals surface area contributed by atoms with Gasteiger partial charge in [0.25, 0.3) is 0 Å². The van der Waals surface area contributed by atoms with Gasteiger partial charge in [0.2, 0.25) is 0 Å². The summed E-state index contributed by atoms with van der Waals surface area (Å²) in [5.41, 5.74) is 2.52. The van der Waals surface area contributed by atoms with Crippen LogP contribution in [0.15, 0.2) is 35.6 Å². The molecule has 28 heavy (non-hydrogen) atoms. The molecule has 0 spiro atoms. The topological polar surface area (TPSA) is 79.6 Å². The third kappa shape index (κ3) is 6.06. The van der Waals surface area contributed by atoms with Gasteiger partial charge in [-0.25, -0.2) is 0 Å². The Kier molecular flexibility index (Phi) is 9.48. The van der Waals surface area contributed by atoms with Crippen molar-refractivity contribution in [1.82, 2.24) is 25.4 Å². The molecule has 1 aliphatic rings. The molecule has 0 atom stereocenters. The second-order valence-corrected chi connectivity index (χ2v) is 6.37. The van der Waals surface area contributed by atoms with Gasteiger partial charge in [-0.15, -0.1) is 34.2 Å². The number of nitrogens with zero attached hydrogens (tertiary/aromatic N) is 5. The Morgan fingerprint density at radius 3 is 2.75 bits per heavy atom. The van der Waals surface area contributed by atoms with Crippen LogP contribution in [-0.4, -0.2) is 60.6 Å². The zero-order chi connectivity index (χ0) is 18.9. The average Bonchev–Trinajstić information content (AvgIpc) is 3.19. The summed E-state index contributed by atoms with van der Waals surface area (Å²) >= 11 is 0. The number of aliphatic imine (C=N–C) groups is 1. The second kappa shape index (κ2) is 11.8. The van der Waals surface area contributed by atoms with Crippen LogP contribution in [0.1, 0.15) is 18.3 Å². The summed E-state index contributed by atoms with van der Waals surface area (Å²) in [5, 5.41) is 14.8. The number of aromatic nitrogens is 3. The van der Waals surface area contributed by atoms with Gasteiger partial charge in [0.05, 0.1) is 13.2 Å². The first-order valence-electron chi connectivity index (χ1n) is 9.53. The van der Waals surface area contributed by atoms with Crippen LogP contribution in [0.3, 0.4) is 0 Å². The molecule has 0 saturated carbocycles. The number of guanidine groups is 1. The SMILES string of the molecule is CCc1nncn1CCNC(=NC)NCc1ccccc1N1CCOCC1.I. The van der Waals surface area contributed by atoms with Crippen molar-refractivity contribution in [3.8, 4) is 0 Å². The lowest BCUT2D eigenvalue weighted by Gasteiger charge is -2.30. The molecule has 9 heteroatoms. The number of hydrogen-bond acceptors (Lipinski definition) is 5. The first-order chi connectivity index (χ1) is 13.3. The van der Waals surface area contributed by atoms with Gasteiger partial charge in [-0.2, -0.15) is 0 Å². The zero-order valence-electron chi connectivity index (χ0n) is 16.6. The van der Waals surface area contributed by atoms with E-state index in [1.165, 1.54) is 11.3 Å². The van der Waals surface area contributed by atoms with Crippen molar-refractivity contribution in [2.45, 2.75) is 26.4 Å². The van der Waals surface area contributed by atoms with Crippen LogP contribution < -0.4 is 15.5 Å². The van der Waals surface area contributed by atoms with Gasteiger partial charge in [-0.3, -0.25) is 4.99 Å². The smallest absolute Gasteiger partial charge is 0.191 e. The van der Waals surface area contributed by atoms with Crippen LogP contribution >= 0.6 is 24.0 Å². The Morgan fingerprint density at radius 2 is 2.00 bits per heavy atom. The first-order valence-corrected chi connectivity index (χ1v) is 9.53. The third-order valence-electron chi connectivity index (χ3n) is 4.67. The first kappa shape index (κ1) is 22.4. The molecule has 1 saturated heterocycles. The lowest BCUT2D eigenvalue weighted by molar-refractivity contribution is 0.122. The average molecular weight is 499 g/mol. The minimum absolute atomic E-state index is 0. The predicted molar refractivity (Wildman–Crippen MR) is 122 cm³/mol. The van der Waals surface area contributed by atoms with E-state index in [0.29, 0.717) is 0 Å². The van der Waals surface area contributed by atoms with Crippen molar-refractivity contribution in [1.29, 1.82) is 0 Å². The standard InChI is InChI=1S/C19H29N7O.HI/c1-3-18-24-23-15-26(18)9-8-21-19(20-2)22-14-16-6-4-5-7-17(16)25-10-12-27-13-11-25;/h4-7,15H,3,8-14H2,1-2H3,(H2,20,21,22);1H. The number of nitrogens with one attached hydrogen (secondary N) is 2. The van der Waals surface area contributed by atoms with Crippen LogP contribution in [0, 0.1) is 0 Å². The monoisotopic (exact) mass is 499 g/mol. The summed E-state index contributed by atoms with van der Waals surface area (Å²) in [6.45, 7) is 7.81. The van der Waals surface area contributed by atoms with E-state index in [1.54, 1.807) is 13.4 Å². The molecule has 1 aromatic carbocycles. The minimum atomic E-state index is 0. The summed E-state index contributed by atoms with van der Waals surface area (Å²) in [4.78, 5) is 6.71. The zero-order valence-corrected chi connectivity index (χ0v) is 18.9. The molecule has 1 aliphatic heterocycles. The van der Waals surface area contributed by atoms with E-state index < -0.39 is 0 Å². The van der Waals surface area contributed by atoms with E-state index in [1.807, 2.05) is 0 Å². The van der Waals surface area contributed by atoms with E-state index in [0.717, 1.165) is 64.1 Å². The number of anilines is 1. The maximum absolute atomic E-state index is 5.47. The van der Waals surface area contributed by atoms with Crippen LogP contribution in [0.25, 0.3) is 0 Å². The summed E-state index contributed by atoms with van der Waals surface area (Å²) in [6.07, 6.45) is 2.65. The van der Waals surface area contributed by atoms with Crippen molar-refractivity contribution < 1.29 is 4.74 Å². The van der Waals surface area contributed by atoms with E-state index in [-0.39, 0.29) is 24.0 Å². The summed E-state index contributed by atoms with van der Waals surface area (Å²) in [5.74, 6) is 1.79. The molecule has 0 unspecified atom stereocenters. The Labute approximate surface area is 183 Å². The highest BCUT2D eigenvalue weighted by molar-refractivity contribution is 14.0. The minimum Gasteiger partial charge on any atom is -0.378 e. The molecular formula is C19H30IN7O. The molecule has 0 amide bonds. The van der Waals surface area contributed by atoms with Crippen molar-refractivity contribution in [3.05, 3.63) is 42.0 Å². The van der Waals surface area contributed by atoms with Crippen LogP contribution in [0.2, 0.25) is 0 Å². The van der Waals surface area contributed by atoms with Gasteiger partial charge in [0.1, 0.15) is 12.2 Å². The molecule has 2 heterocycles. The van der Waals surface area contributed by atoms with Gasteiger partial charge in [0.15, 0.2) is 5.96 Å². The van der Waals surface area contributed by atoms with E-state index in [2.05, 4.69) is 66.5 Å². The molecule has 8 nitrogen and oxygen atoms in total. The Bertz CT molecular complexity index is 743. The van der Waals surface area contributed by atoms with Gasteiger partial charge < -0.3 is 24.8 Å². The third-order valence-corrected chi connectivity index (χ3v) is 4.67. The fourth-order valence-corrected chi connectivity index (χ4v) is 3.21. The van der Waals surface area contributed by atoms with Crippen LogP contribution in [0.5, 0.6) is 0 Å². The fourth-order valence-electron chi connectivity index (χ4n) is 3.21. The molecular weight excluding hydrogens is 469 g/mol. The summed E-state index contributed by atoms with van der Waals surface area (Å²) in [7, 11) is 1.79. The number of para-hydroxylation sites is 1. The van der Waals surface area contributed by atoms with E-state index in [9.17, 15) is 0 Å². The number of ether oxygens (including phenoxy) is 1. The summed E-state index contributed by atoms with van der Waals surface area (Å²) < 4.78 is 7.53. The maximum Gasteiger partial charge on any atom is 0.191 e. The van der Waals surface area contributed by atoms with Crippen LogP contribution in [0.4, 0.5) is 5.69 Å².